The molecule has 0 aliphatic heterocycles. The normalized spacial score (nSPS) is 9.65. The number of hydrogen-bond donors (Lipinski definition) is 0. The van der Waals surface area contributed by atoms with E-state index in [0.717, 1.165) is 6.92 Å². The second-order valence-electron chi connectivity index (χ2n) is 5.48. The first kappa shape index (κ1) is 25.4. The van der Waals surface area contributed by atoms with Crippen LogP contribution in [0.1, 0.15) is 78.1 Å². The van der Waals surface area contributed by atoms with Crippen LogP contribution in [0.4, 0.5) is 0 Å². The van der Waals surface area contributed by atoms with E-state index >= 15 is 0 Å². The van der Waals surface area contributed by atoms with Gasteiger partial charge in [0, 0.05) is 5.97 Å². The van der Waals surface area contributed by atoms with E-state index in [2.05, 4.69) is 25.9 Å². The van der Waals surface area contributed by atoms with Gasteiger partial charge in [-0.3, -0.25) is 0 Å². The smallest absolute Gasteiger partial charge is 0.550 e. The predicted molar refractivity (Wildman–Crippen MR) is 81.1 cm³/mol. The molecule has 0 spiro atoms. The van der Waals surface area contributed by atoms with E-state index in [4.69, 9.17) is 9.90 Å². The third kappa shape index (κ3) is 36.2. The Hall–Kier alpha value is 0.430. The van der Waals surface area contributed by atoms with Crippen LogP contribution < -0.4 is 34.7 Å². The van der Waals surface area contributed by atoms with E-state index in [1.807, 2.05) is 0 Å². The van der Waals surface area contributed by atoms with Crippen molar-refractivity contribution in [3.8, 4) is 0 Å². The van der Waals surface area contributed by atoms with Gasteiger partial charge in [0.1, 0.15) is 0 Å². The van der Waals surface area contributed by atoms with Crippen molar-refractivity contribution in [3.63, 3.8) is 0 Å². The molecule has 0 aliphatic rings. The number of carbonyl (C=O) groups is 1. The van der Waals surface area contributed by atoms with Gasteiger partial charge in [-0.1, -0.05) is 64.7 Å². The van der Waals surface area contributed by atoms with Gasteiger partial charge in [0.25, 0.3) is 0 Å². The zero-order valence-electron chi connectivity index (χ0n) is 14.5. The molecule has 0 heterocycles. The van der Waals surface area contributed by atoms with Gasteiger partial charge in [-0.25, -0.2) is 0 Å². The summed E-state index contributed by atoms with van der Waals surface area (Å²) in [5.74, 6) is -1.08. The Morgan fingerprint density at radius 2 is 1.15 bits per heavy atom. The second-order valence-corrected chi connectivity index (χ2v) is 5.48. The maximum Gasteiger partial charge on any atom is 1.00 e. The van der Waals surface area contributed by atoms with E-state index in [0.29, 0.717) is 0 Å². The minimum Gasteiger partial charge on any atom is -0.550 e. The van der Waals surface area contributed by atoms with Gasteiger partial charge in [-0.2, -0.15) is 0 Å². The van der Waals surface area contributed by atoms with E-state index in [9.17, 15) is 0 Å². The average Bonchev–Trinajstić information content (AvgIpc) is 2.30. The molecule has 0 radical (unpaired) electrons. The molecule has 0 saturated heterocycles. The minimum atomic E-state index is -1.08. The molecule has 0 aliphatic carbocycles. The summed E-state index contributed by atoms with van der Waals surface area (Å²) >= 11 is 0. The number of carboxylic acids is 1. The number of nitrogens with zero attached hydrogens (tertiary/aromatic N) is 1. The fourth-order valence-corrected chi connectivity index (χ4v) is 1.92. The Bertz CT molecular complexity index is 183. The van der Waals surface area contributed by atoms with Crippen molar-refractivity contribution >= 4 is 5.97 Å². The van der Waals surface area contributed by atoms with Crippen LogP contribution in [0.25, 0.3) is 0 Å². The Balaban J connectivity index is -0.000000508. The molecule has 4 heteroatoms. The standard InChI is InChI=1S/C14H31N.C2H4O2.Na/c1-4-5-6-7-8-9-10-11-12-13-14-15(2)3;1-2(3)4;/h4-14H2,1-3H3;1H3,(H,3,4);/q;;+1/p-1. The first-order valence-corrected chi connectivity index (χ1v) is 7.83. The van der Waals surface area contributed by atoms with Crippen LogP contribution in [-0.2, 0) is 4.79 Å². The van der Waals surface area contributed by atoms with Crippen molar-refractivity contribution in [2.45, 2.75) is 78.1 Å². The molecule has 116 valence electrons. The summed E-state index contributed by atoms with van der Waals surface area (Å²) in [4.78, 5) is 11.2. The summed E-state index contributed by atoms with van der Waals surface area (Å²) in [5, 5.41) is 8.89. The summed E-state index contributed by atoms with van der Waals surface area (Å²) in [7, 11) is 4.32. The third-order valence-electron chi connectivity index (χ3n) is 2.96. The van der Waals surface area contributed by atoms with E-state index in [1.54, 1.807) is 0 Å². The predicted octanol–water partition coefficient (Wildman–Crippen LogP) is 0.229. The largest absolute Gasteiger partial charge is 1.00 e. The molecule has 0 fully saturated rings. The van der Waals surface area contributed by atoms with Crippen LogP contribution in [0, 0.1) is 0 Å². The van der Waals surface area contributed by atoms with Crippen LogP contribution in [0.3, 0.4) is 0 Å². The average molecular weight is 295 g/mol. The quantitative estimate of drug-likeness (QED) is 0.405. The summed E-state index contributed by atoms with van der Waals surface area (Å²) in [6.45, 7) is 4.52. The maximum atomic E-state index is 8.89. The van der Waals surface area contributed by atoms with Gasteiger partial charge >= 0.3 is 29.6 Å². The summed E-state index contributed by atoms with van der Waals surface area (Å²) < 4.78 is 0. The van der Waals surface area contributed by atoms with Gasteiger partial charge < -0.3 is 14.8 Å². The van der Waals surface area contributed by atoms with E-state index in [-0.39, 0.29) is 29.6 Å². The SMILES string of the molecule is CC(=O)[O-].CCCCCCCCCCCCN(C)C.[Na+]. The molecule has 0 N–H and O–H groups in total. The number of hydrogen-bond acceptors (Lipinski definition) is 3. The number of rotatable bonds is 11. The second kappa shape index (κ2) is 21.7. The molecule has 0 aromatic heterocycles. The Morgan fingerprint density at radius 3 is 1.45 bits per heavy atom. The molecule has 0 atom stereocenters. The molecule has 3 nitrogen and oxygen atoms in total. The van der Waals surface area contributed by atoms with Gasteiger partial charge in [0.05, 0.1) is 0 Å². The van der Waals surface area contributed by atoms with Gasteiger partial charge in [-0.15, -0.1) is 0 Å². The van der Waals surface area contributed by atoms with Crippen molar-refractivity contribution in [2.24, 2.45) is 0 Å². The number of carboxylic acid groups (broad SMARTS) is 1. The molecule has 20 heavy (non-hydrogen) atoms. The number of carbonyl (C=O) groups excluding carboxylic acids is 1. The maximum absolute atomic E-state index is 8.89. The van der Waals surface area contributed by atoms with Crippen molar-refractivity contribution in [2.75, 3.05) is 20.6 Å². The fourth-order valence-electron chi connectivity index (χ4n) is 1.92. The summed E-state index contributed by atoms with van der Waals surface area (Å²) in [5.41, 5.74) is 0. The van der Waals surface area contributed by atoms with Crippen molar-refractivity contribution in [3.05, 3.63) is 0 Å². The molecule has 0 aromatic rings. The minimum absolute atomic E-state index is 0. The van der Waals surface area contributed by atoms with Crippen LogP contribution in [0.2, 0.25) is 0 Å². The zero-order chi connectivity index (χ0) is 14.9. The first-order chi connectivity index (χ1) is 9.00. The van der Waals surface area contributed by atoms with Crippen molar-refractivity contribution in [1.29, 1.82) is 0 Å². The molecule has 0 amide bonds. The number of unbranched alkanes of at least 4 members (excludes halogenated alkanes) is 9. The van der Waals surface area contributed by atoms with Crippen molar-refractivity contribution in [1.82, 2.24) is 4.90 Å². The Kier molecular flexibility index (Phi) is 27.6. The topological polar surface area (TPSA) is 43.4 Å². The van der Waals surface area contributed by atoms with Gasteiger partial charge in [-0.05, 0) is 34.0 Å². The van der Waals surface area contributed by atoms with Crippen LogP contribution in [0.15, 0.2) is 0 Å². The summed E-state index contributed by atoms with van der Waals surface area (Å²) in [6, 6.07) is 0. The monoisotopic (exact) mass is 295 g/mol. The van der Waals surface area contributed by atoms with Gasteiger partial charge in [0.2, 0.25) is 0 Å². The fraction of sp³-hybridized carbons (Fsp3) is 0.938. The van der Waals surface area contributed by atoms with E-state index < -0.39 is 5.97 Å². The van der Waals surface area contributed by atoms with E-state index in [1.165, 1.54) is 70.8 Å². The number of aliphatic carboxylic acids is 1. The van der Waals surface area contributed by atoms with Crippen molar-refractivity contribution < 1.29 is 39.5 Å². The van der Waals surface area contributed by atoms with Crippen LogP contribution >= 0.6 is 0 Å². The molecule has 0 saturated carbocycles. The molecular formula is C16H34NNaO2. The molecule has 0 bridgehead atoms. The summed E-state index contributed by atoms with van der Waals surface area (Å²) in [6.07, 6.45) is 14.4. The molecular weight excluding hydrogens is 261 g/mol. The Labute approximate surface area is 148 Å². The molecule has 0 rings (SSSR count). The van der Waals surface area contributed by atoms with Crippen LogP contribution in [0.5, 0.6) is 0 Å². The molecule has 0 aromatic carbocycles. The zero-order valence-corrected chi connectivity index (χ0v) is 16.5. The molecule has 0 unspecified atom stereocenters. The Morgan fingerprint density at radius 1 is 0.850 bits per heavy atom. The van der Waals surface area contributed by atoms with Crippen LogP contribution in [-0.4, -0.2) is 31.5 Å². The van der Waals surface area contributed by atoms with Gasteiger partial charge in [0.15, 0.2) is 0 Å². The first-order valence-electron chi connectivity index (χ1n) is 7.83. The third-order valence-corrected chi connectivity index (χ3v) is 2.96.